The molecule has 170 valence electrons. The largest absolute Gasteiger partial charge is 0.481 e. The van der Waals surface area contributed by atoms with Crippen molar-refractivity contribution in [2.45, 2.75) is 91.1 Å². The van der Waals surface area contributed by atoms with Gasteiger partial charge in [-0.2, -0.15) is 0 Å². The van der Waals surface area contributed by atoms with Crippen molar-refractivity contribution in [1.29, 1.82) is 0 Å². The highest BCUT2D eigenvalue weighted by molar-refractivity contribution is 5.83. The van der Waals surface area contributed by atoms with Crippen molar-refractivity contribution < 1.29 is 19.4 Å². The highest BCUT2D eigenvalue weighted by Crippen LogP contribution is 2.42. The van der Waals surface area contributed by atoms with Crippen LogP contribution >= 0.6 is 0 Å². The first-order valence-corrected chi connectivity index (χ1v) is 11.4. The lowest BCUT2D eigenvalue weighted by molar-refractivity contribution is -0.139. The van der Waals surface area contributed by atoms with Gasteiger partial charge in [0.1, 0.15) is 5.82 Å². The van der Waals surface area contributed by atoms with Crippen molar-refractivity contribution >= 4 is 5.97 Å². The Hall–Kier alpha value is -2.27. The number of hydrogen-bond donors (Lipinski definition) is 2. The molecular weight excluding hydrogens is 393 g/mol. The molecule has 31 heavy (non-hydrogen) atoms. The molecule has 0 amide bonds. The number of carboxylic acids is 1. The summed E-state index contributed by atoms with van der Waals surface area (Å²) in [6.07, 6.45) is 4.45. The highest BCUT2D eigenvalue weighted by atomic mass is 19.1. The minimum Gasteiger partial charge on any atom is -0.481 e. The number of aromatic nitrogens is 1. The van der Waals surface area contributed by atoms with Gasteiger partial charge in [0, 0.05) is 17.0 Å². The molecule has 1 atom stereocenters. The first-order chi connectivity index (χ1) is 14.7. The summed E-state index contributed by atoms with van der Waals surface area (Å²) in [7, 11) is 0. The second-order valence-corrected chi connectivity index (χ2v) is 8.86. The third-order valence-electron chi connectivity index (χ3n) is 5.77. The number of rotatable bonds is 11. The number of halogens is 1. The first kappa shape index (κ1) is 25.0. The maximum absolute atomic E-state index is 13.7. The smallest absolute Gasteiger partial charge is 0.311 e. The molecule has 0 saturated heterocycles. The summed E-state index contributed by atoms with van der Waals surface area (Å²) < 4.78 is 13.7. The van der Waals surface area contributed by atoms with Crippen LogP contribution in [0.2, 0.25) is 0 Å². The van der Waals surface area contributed by atoms with Gasteiger partial charge < -0.3 is 10.2 Å². The second-order valence-electron chi connectivity index (χ2n) is 8.86. The molecule has 0 spiro atoms. The minimum atomic E-state index is -0.884. The van der Waals surface area contributed by atoms with Crippen LogP contribution in [-0.2, 0) is 11.4 Å². The highest BCUT2D eigenvalue weighted by Gasteiger charge is 2.31. The SMILES string of the molecule is CCCCCCC(C(=O)O)c1c(C(C)C)nc(C(C)C)c(CO)c1-c1ccc(F)cc1. The molecule has 4 nitrogen and oxygen atoms in total. The molecule has 0 aliphatic carbocycles. The van der Waals surface area contributed by atoms with E-state index in [1.54, 1.807) is 12.1 Å². The Morgan fingerprint density at radius 1 is 1.00 bits per heavy atom. The number of carboxylic acid groups (broad SMARTS) is 1. The Labute approximate surface area is 185 Å². The molecule has 2 aromatic rings. The van der Waals surface area contributed by atoms with E-state index in [2.05, 4.69) is 6.92 Å². The summed E-state index contributed by atoms with van der Waals surface area (Å²) in [4.78, 5) is 17.3. The van der Waals surface area contributed by atoms with Gasteiger partial charge in [-0.1, -0.05) is 72.4 Å². The molecule has 1 aromatic heterocycles. The van der Waals surface area contributed by atoms with Crippen LogP contribution in [0.15, 0.2) is 24.3 Å². The standard InChI is InChI=1S/C26H36FNO3/c1-6-7-8-9-10-20(26(30)31)23-22(18-11-13-19(27)14-12-18)21(15-29)24(16(2)3)28-25(23)17(4)5/h11-14,16-17,20,29H,6-10,15H2,1-5H3,(H,30,31). The van der Waals surface area contributed by atoms with Gasteiger partial charge in [-0.3, -0.25) is 9.78 Å². The topological polar surface area (TPSA) is 70.4 Å². The molecule has 2 rings (SSSR count). The number of pyridine rings is 1. The second kappa shape index (κ2) is 11.4. The van der Waals surface area contributed by atoms with Crippen LogP contribution in [0.25, 0.3) is 11.1 Å². The molecular formula is C26H36FNO3. The number of carbonyl (C=O) groups is 1. The van der Waals surface area contributed by atoms with Gasteiger partial charge in [0.2, 0.25) is 0 Å². The Balaban J connectivity index is 2.84. The van der Waals surface area contributed by atoms with Crippen LogP contribution in [0.5, 0.6) is 0 Å². The molecule has 5 heteroatoms. The van der Waals surface area contributed by atoms with E-state index in [9.17, 15) is 19.4 Å². The first-order valence-electron chi connectivity index (χ1n) is 11.4. The zero-order chi connectivity index (χ0) is 23.1. The summed E-state index contributed by atoms with van der Waals surface area (Å²) >= 11 is 0. The summed E-state index contributed by atoms with van der Waals surface area (Å²) in [5.41, 5.74) is 4.24. The lowest BCUT2D eigenvalue weighted by Gasteiger charge is -2.27. The van der Waals surface area contributed by atoms with E-state index in [-0.39, 0.29) is 24.3 Å². The van der Waals surface area contributed by atoms with Crippen molar-refractivity contribution in [2.75, 3.05) is 0 Å². The van der Waals surface area contributed by atoms with E-state index in [1.165, 1.54) is 12.1 Å². The predicted molar refractivity (Wildman–Crippen MR) is 123 cm³/mol. The molecule has 1 heterocycles. The van der Waals surface area contributed by atoms with E-state index in [0.717, 1.165) is 37.1 Å². The van der Waals surface area contributed by atoms with Gasteiger partial charge in [-0.15, -0.1) is 0 Å². The molecule has 2 N–H and O–H groups in total. The third kappa shape index (κ3) is 5.91. The van der Waals surface area contributed by atoms with E-state index >= 15 is 0 Å². The molecule has 0 bridgehead atoms. The number of aliphatic hydroxyl groups excluding tert-OH is 1. The number of aliphatic carboxylic acids is 1. The normalized spacial score (nSPS) is 12.5. The number of aliphatic hydroxyl groups is 1. The fourth-order valence-electron chi connectivity index (χ4n) is 4.22. The van der Waals surface area contributed by atoms with Crippen molar-refractivity contribution in [3.05, 3.63) is 52.6 Å². The zero-order valence-electron chi connectivity index (χ0n) is 19.4. The molecule has 0 aliphatic heterocycles. The lowest BCUT2D eigenvalue weighted by atomic mass is 9.80. The van der Waals surface area contributed by atoms with Crippen molar-refractivity contribution in [3.8, 4) is 11.1 Å². The molecule has 1 aromatic carbocycles. The van der Waals surface area contributed by atoms with Crippen molar-refractivity contribution in [1.82, 2.24) is 4.98 Å². The fourth-order valence-corrected chi connectivity index (χ4v) is 4.22. The molecule has 0 aliphatic rings. The van der Waals surface area contributed by atoms with Crippen LogP contribution in [0.4, 0.5) is 4.39 Å². The van der Waals surface area contributed by atoms with Gasteiger partial charge in [0.25, 0.3) is 0 Å². The van der Waals surface area contributed by atoms with Crippen LogP contribution < -0.4 is 0 Å². The van der Waals surface area contributed by atoms with Crippen LogP contribution in [-0.4, -0.2) is 21.2 Å². The average molecular weight is 430 g/mol. The maximum atomic E-state index is 13.7. The van der Waals surface area contributed by atoms with Crippen molar-refractivity contribution in [3.63, 3.8) is 0 Å². The van der Waals surface area contributed by atoms with Gasteiger partial charge in [0.05, 0.1) is 12.5 Å². The maximum Gasteiger partial charge on any atom is 0.311 e. The summed E-state index contributed by atoms with van der Waals surface area (Å²) in [5, 5.41) is 20.5. The zero-order valence-corrected chi connectivity index (χ0v) is 19.4. The quantitative estimate of drug-likeness (QED) is 0.387. The molecule has 0 fully saturated rings. The van der Waals surface area contributed by atoms with Gasteiger partial charge in [0.15, 0.2) is 0 Å². The Morgan fingerprint density at radius 2 is 1.61 bits per heavy atom. The summed E-state index contributed by atoms with van der Waals surface area (Å²) in [6, 6.07) is 6.08. The summed E-state index contributed by atoms with van der Waals surface area (Å²) in [5.74, 6) is -1.90. The van der Waals surface area contributed by atoms with Gasteiger partial charge >= 0.3 is 5.97 Å². The van der Waals surface area contributed by atoms with Gasteiger partial charge in [-0.25, -0.2) is 4.39 Å². The van der Waals surface area contributed by atoms with E-state index in [1.807, 2.05) is 27.7 Å². The third-order valence-corrected chi connectivity index (χ3v) is 5.77. The average Bonchev–Trinajstić information content (AvgIpc) is 2.72. The minimum absolute atomic E-state index is 0.0110. The Bertz CT molecular complexity index is 875. The summed E-state index contributed by atoms with van der Waals surface area (Å²) in [6.45, 7) is 9.93. The Morgan fingerprint density at radius 3 is 2.10 bits per heavy atom. The van der Waals surface area contributed by atoms with Gasteiger partial charge in [-0.05, 0) is 47.1 Å². The van der Waals surface area contributed by atoms with Crippen LogP contribution in [0.1, 0.15) is 107 Å². The number of unbranched alkanes of at least 4 members (excludes halogenated alkanes) is 3. The lowest BCUT2D eigenvalue weighted by Crippen LogP contribution is -2.20. The van der Waals surface area contributed by atoms with E-state index < -0.39 is 11.9 Å². The van der Waals surface area contributed by atoms with Crippen LogP contribution in [0.3, 0.4) is 0 Å². The molecule has 0 radical (unpaired) electrons. The van der Waals surface area contributed by atoms with Crippen LogP contribution in [0, 0.1) is 5.82 Å². The molecule has 0 saturated carbocycles. The number of nitrogens with zero attached hydrogens (tertiary/aromatic N) is 1. The molecule has 1 unspecified atom stereocenters. The number of hydrogen-bond acceptors (Lipinski definition) is 3. The predicted octanol–water partition coefficient (Wildman–Crippen LogP) is 6.77. The van der Waals surface area contributed by atoms with E-state index in [4.69, 9.17) is 4.98 Å². The number of benzene rings is 1. The Kier molecular flexibility index (Phi) is 9.17. The van der Waals surface area contributed by atoms with Crippen molar-refractivity contribution in [2.24, 2.45) is 0 Å². The van der Waals surface area contributed by atoms with E-state index in [0.29, 0.717) is 28.7 Å². The fraction of sp³-hybridized carbons (Fsp3) is 0.538. The monoisotopic (exact) mass is 429 g/mol.